The second-order valence-corrected chi connectivity index (χ2v) is 10.2. The van der Waals surface area contributed by atoms with E-state index in [0.717, 1.165) is 9.87 Å². The van der Waals surface area contributed by atoms with Crippen LogP contribution in [0.25, 0.3) is 0 Å². The molecule has 0 saturated carbocycles. The lowest BCUT2D eigenvalue weighted by Crippen LogP contribution is -2.38. The molecule has 0 saturated heterocycles. The van der Waals surface area contributed by atoms with Crippen LogP contribution in [-0.2, 0) is 14.8 Å². The Morgan fingerprint density at radius 2 is 1.54 bits per heavy atom. The summed E-state index contributed by atoms with van der Waals surface area (Å²) in [6.45, 7) is 1.54. The van der Waals surface area contributed by atoms with E-state index in [2.05, 4.69) is 5.32 Å². The summed E-state index contributed by atoms with van der Waals surface area (Å²) in [5.74, 6) is 1.77. The topological polar surface area (TPSA) is 94.2 Å². The number of hydrogen-bond donors (Lipinski definition) is 1. The van der Waals surface area contributed by atoms with E-state index in [4.69, 9.17) is 14.2 Å². The average Bonchev–Trinajstić information content (AvgIpc) is 3.37. The maximum Gasteiger partial charge on any atom is 0.264 e. The number of nitrogens with one attached hydrogen (secondary N) is 1. The number of hydrogen-bond acceptors (Lipinski definition) is 6. The fourth-order valence-electron chi connectivity index (χ4n) is 3.76. The van der Waals surface area contributed by atoms with Gasteiger partial charge in [-0.15, -0.1) is 0 Å². The van der Waals surface area contributed by atoms with Gasteiger partial charge in [0.15, 0.2) is 11.5 Å². The molecule has 5 rings (SSSR count). The second-order valence-electron chi connectivity index (χ2n) is 8.35. The van der Waals surface area contributed by atoms with E-state index < -0.39 is 22.5 Å². The summed E-state index contributed by atoms with van der Waals surface area (Å²) in [6.07, 6.45) is 0. The Kier molecular flexibility index (Phi) is 6.70. The molecule has 0 fully saturated rings. The number of anilines is 2. The average molecular weight is 517 g/mol. The standard InChI is InChI=1S/C28H24N2O6S/c1-20-7-14-25(15-8-20)37(32,33)30(18-28(31)29-21-9-16-26-27(17-21)35-19-34-26)22-10-12-24(13-11-22)36-23-5-3-2-4-6-23/h2-17H,18-19H2,1H3,(H,29,31). The van der Waals surface area contributed by atoms with Crippen LogP contribution in [0.1, 0.15) is 5.56 Å². The van der Waals surface area contributed by atoms with Crippen molar-refractivity contribution in [3.05, 3.63) is 103 Å². The van der Waals surface area contributed by atoms with Gasteiger partial charge in [-0.1, -0.05) is 35.9 Å². The Balaban J connectivity index is 1.41. The Hall–Kier alpha value is -4.50. The highest BCUT2D eigenvalue weighted by molar-refractivity contribution is 7.92. The van der Waals surface area contributed by atoms with E-state index in [1.165, 1.54) is 12.1 Å². The van der Waals surface area contributed by atoms with Gasteiger partial charge in [0.05, 0.1) is 10.6 Å². The minimum atomic E-state index is -4.05. The van der Waals surface area contributed by atoms with Crippen molar-refractivity contribution in [1.82, 2.24) is 0 Å². The lowest BCUT2D eigenvalue weighted by molar-refractivity contribution is -0.114. The van der Waals surface area contributed by atoms with E-state index in [1.807, 2.05) is 37.3 Å². The second kappa shape index (κ2) is 10.2. The SMILES string of the molecule is Cc1ccc(S(=O)(=O)N(CC(=O)Nc2ccc3c(c2)OCO3)c2ccc(Oc3ccccc3)cc2)cc1. The van der Waals surface area contributed by atoms with Crippen LogP contribution in [0, 0.1) is 6.92 Å². The molecule has 0 unspecified atom stereocenters. The van der Waals surface area contributed by atoms with Gasteiger partial charge in [-0.2, -0.15) is 0 Å². The number of rotatable bonds is 8. The van der Waals surface area contributed by atoms with E-state index in [0.29, 0.717) is 34.4 Å². The largest absolute Gasteiger partial charge is 0.457 e. The highest BCUT2D eigenvalue weighted by atomic mass is 32.2. The summed E-state index contributed by atoms with van der Waals surface area (Å²) in [7, 11) is -4.05. The molecule has 1 aliphatic rings. The van der Waals surface area contributed by atoms with E-state index in [9.17, 15) is 13.2 Å². The summed E-state index contributed by atoms with van der Waals surface area (Å²) < 4.78 is 44.8. The van der Waals surface area contributed by atoms with E-state index in [1.54, 1.807) is 54.6 Å². The maximum atomic E-state index is 13.6. The fraction of sp³-hybridized carbons (Fsp3) is 0.107. The predicted octanol–water partition coefficient (Wildman–Crippen LogP) is 5.35. The van der Waals surface area contributed by atoms with Crippen LogP contribution >= 0.6 is 0 Å². The van der Waals surface area contributed by atoms with Crippen LogP contribution in [0.15, 0.2) is 102 Å². The summed E-state index contributed by atoms with van der Waals surface area (Å²) in [5, 5.41) is 2.74. The minimum Gasteiger partial charge on any atom is -0.457 e. The van der Waals surface area contributed by atoms with Gasteiger partial charge in [0.2, 0.25) is 12.7 Å². The Labute approximate surface area is 215 Å². The molecule has 1 aliphatic heterocycles. The lowest BCUT2D eigenvalue weighted by Gasteiger charge is -2.24. The van der Waals surface area contributed by atoms with Gasteiger partial charge in [-0.3, -0.25) is 9.10 Å². The molecule has 0 aliphatic carbocycles. The molecule has 0 radical (unpaired) electrons. The molecule has 9 heteroatoms. The molecule has 4 aromatic rings. The van der Waals surface area contributed by atoms with Crippen molar-refractivity contribution < 1.29 is 27.4 Å². The molecule has 4 aromatic carbocycles. The zero-order valence-corrected chi connectivity index (χ0v) is 20.8. The number of para-hydroxylation sites is 1. The quantitative estimate of drug-likeness (QED) is 0.339. The van der Waals surface area contributed by atoms with Gasteiger partial charge in [-0.25, -0.2) is 8.42 Å². The van der Waals surface area contributed by atoms with Gasteiger partial charge in [0, 0.05) is 11.8 Å². The molecule has 1 amide bonds. The van der Waals surface area contributed by atoms with Gasteiger partial charge in [-0.05, 0) is 67.6 Å². The van der Waals surface area contributed by atoms with Crippen molar-refractivity contribution in [2.45, 2.75) is 11.8 Å². The first-order valence-corrected chi connectivity index (χ1v) is 12.9. The van der Waals surface area contributed by atoms with Crippen molar-refractivity contribution in [3.8, 4) is 23.0 Å². The first-order valence-electron chi connectivity index (χ1n) is 11.5. The summed E-state index contributed by atoms with van der Waals surface area (Å²) in [5.41, 5.74) is 1.71. The van der Waals surface area contributed by atoms with Crippen LogP contribution in [0.3, 0.4) is 0 Å². The number of nitrogens with zero attached hydrogens (tertiary/aromatic N) is 1. The fourth-order valence-corrected chi connectivity index (χ4v) is 5.18. The normalized spacial score (nSPS) is 12.1. The first-order chi connectivity index (χ1) is 17.9. The summed E-state index contributed by atoms with van der Waals surface area (Å²) in [4.78, 5) is 13.1. The van der Waals surface area contributed by atoms with Gasteiger partial charge >= 0.3 is 0 Å². The van der Waals surface area contributed by atoms with Crippen molar-refractivity contribution >= 4 is 27.3 Å². The van der Waals surface area contributed by atoms with Crippen molar-refractivity contribution in [1.29, 1.82) is 0 Å². The highest BCUT2D eigenvalue weighted by Crippen LogP contribution is 2.34. The number of sulfonamides is 1. The third-order valence-corrected chi connectivity index (χ3v) is 7.44. The molecule has 8 nitrogen and oxygen atoms in total. The van der Waals surface area contributed by atoms with Crippen molar-refractivity contribution in [3.63, 3.8) is 0 Å². The van der Waals surface area contributed by atoms with Gasteiger partial charge in [0.25, 0.3) is 10.0 Å². The number of carbonyl (C=O) groups is 1. The Morgan fingerprint density at radius 1 is 0.865 bits per heavy atom. The molecular weight excluding hydrogens is 492 g/mol. The van der Waals surface area contributed by atoms with Gasteiger partial charge < -0.3 is 19.5 Å². The maximum absolute atomic E-state index is 13.6. The number of fused-ring (bicyclic) bond motifs is 1. The Morgan fingerprint density at radius 3 is 2.27 bits per heavy atom. The highest BCUT2D eigenvalue weighted by Gasteiger charge is 2.27. The van der Waals surface area contributed by atoms with Crippen LogP contribution in [0.2, 0.25) is 0 Å². The minimum absolute atomic E-state index is 0.0820. The van der Waals surface area contributed by atoms with Crippen molar-refractivity contribution in [2.24, 2.45) is 0 Å². The number of ether oxygens (including phenoxy) is 3. The number of benzene rings is 4. The number of aryl methyl sites for hydroxylation is 1. The monoisotopic (exact) mass is 516 g/mol. The third-order valence-electron chi connectivity index (χ3n) is 5.66. The van der Waals surface area contributed by atoms with E-state index >= 15 is 0 Å². The smallest absolute Gasteiger partial charge is 0.264 e. The molecule has 37 heavy (non-hydrogen) atoms. The Bertz CT molecular complexity index is 1510. The van der Waals surface area contributed by atoms with Crippen molar-refractivity contribution in [2.75, 3.05) is 23.0 Å². The van der Waals surface area contributed by atoms with E-state index in [-0.39, 0.29) is 11.7 Å². The third kappa shape index (κ3) is 5.52. The lowest BCUT2D eigenvalue weighted by atomic mass is 10.2. The molecule has 0 spiro atoms. The molecule has 1 heterocycles. The molecule has 0 atom stereocenters. The molecule has 0 bridgehead atoms. The van der Waals surface area contributed by atoms with Crippen LogP contribution in [-0.4, -0.2) is 27.7 Å². The zero-order valence-electron chi connectivity index (χ0n) is 20.0. The van der Waals surface area contributed by atoms with Gasteiger partial charge in [0.1, 0.15) is 18.0 Å². The van der Waals surface area contributed by atoms with Crippen LogP contribution < -0.4 is 23.8 Å². The molecule has 0 aromatic heterocycles. The summed E-state index contributed by atoms with van der Waals surface area (Å²) >= 11 is 0. The molecular formula is C28H24N2O6S. The first kappa shape index (κ1) is 24.2. The predicted molar refractivity (Wildman–Crippen MR) is 140 cm³/mol. The summed E-state index contributed by atoms with van der Waals surface area (Å²) in [6, 6.07) is 27.3. The zero-order chi connectivity index (χ0) is 25.8. The van der Waals surface area contributed by atoms with Crippen LogP contribution in [0.5, 0.6) is 23.0 Å². The number of carbonyl (C=O) groups excluding carboxylic acids is 1. The molecule has 188 valence electrons. The number of amides is 1. The molecule has 1 N–H and O–H groups in total. The van der Waals surface area contributed by atoms with Crippen LogP contribution in [0.4, 0.5) is 11.4 Å².